The molecule has 1 N–H and O–H groups in total. The first kappa shape index (κ1) is 15.3. The summed E-state index contributed by atoms with van der Waals surface area (Å²) < 4.78 is 20.1. The smallest absolute Gasteiger partial charge is 0.131 e. The highest BCUT2D eigenvalue weighted by atomic mass is 79.9. The Morgan fingerprint density at radius 1 is 1.35 bits per heavy atom. The average molecular weight is 360 g/mol. The van der Waals surface area contributed by atoms with Crippen LogP contribution >= 0.6 is 27.5 Å². The van der Waals surface area contributed by atoms with Gasteiger partial charge >= 0.3 is 0 Å². The number of rotatable bonds is 4. The molecular formula is C15H13BrClFO2. The van der Waals surface area contributed by atoms with E-state index in [0.29, 0.717) is 21.9 Å². The molecule has 2 nitrogen and oxygen atoms in total. The number of aliphatic hydroxyl groups is 1. The van der Waals surface area contributed by atoms with Crippen molar-refractivity contribution >= 4 is 27.5 Å². The zero-order valence-corrected chi connectivity index (χ0v) is 13.1. The molecule has 106 valence electrons. The van der Waals surface area contributed by atoms with Gasteiger partial charge in [-0.1, -0.05) is 33.6 Å². The van der Waals surface area contributed by atoms with Gasteiger partial charge in [0.1, 0.15) is 18.2 Å². The Balaban J connectivity index is 2.23. The lowest BCUT2D eigenvalue weighted by Gasteiger charge is -2.14. The van der Waals surface area contributed by atoms with E-state index >= 15 is 0 Å². The first-order chi connectivity index (χ1) is 9.49. The van der Waals surface area contributed by atoms with Gasteiger partial charge in [0, 0.05) is 15.6 Å². The highest BCUT2D eigenvalue weighted by Gasteiger charge is 2.12. The molecular weight excluding hydrogens is 347 g/mol. The number of ether oxygens (including phenoxy) is 1. The van der Waals surface area contributed by atoms with E-state index in [0.717, 1.165) is 4.47 Å². The van der Waals surface area contributed by atoms with Gasteiger partial charge in [-0.15, -0.1) is 0 Å². The lowest BCUT2D eigenvalue weighted by Crippen LogP contribution is -2.03. The van der Waals surface area contributed by atoms with Crippen LogP contribution in [-0.2, 0) is 6.61 Å². The summed E-state index contributed by atoms with van der Waals surface area (Å²) in [6.45, 7) is 1.65. The predicted molar refractivity (Wildman–Crippen MR) is 80.5 cm³/mol. The van der Waals surface area contributed by atoms with Crippen LogP contribution in [0.4, 0.5) is 4.39 Å². The Labute approximate surface area is 130 Å². The molecule has 0 aliphatic rings. The topological polar surface area (TPSA) is 29.5 Å². The summed E-state index contributed by atoms with van der Waals surface area (Å²) in [6.07, 6.45) is -0.682. The van der Waals surface area contributed by atoms with E-state index in [-0.39, 0.29) is 6.61 Å². The van der Waals surface area contributed by atoms with E-state index in [2.05, 4.69) is 15.9 Å². The zero-order chi connectivity index (χ0) is 14.7. The minimum Gasteiger partial charge on any atom is -0.488 e. The van der Waals surface area contributed by atoms with Crippen molar-refractivity contribution in [2.24, 2.45) is 0 Å². The lowest BCUT2D eigenvalue weighted by atomic mass is 10.1. The van der Waals surface area contributed by atoms with Crippen LogP contribution in [0.3, 0.4) is 0 Å². The number of hydrogen-bond acceptors (Lipinski definition) is 2. The molecule has 0 unspecified atom stereocenters. The Morgan fingerprint density at radius 3 is 2.75 bits per heavy atom. The Bertz CT molecular complexity index is 597. The van der Waals surface area contributed by atoms with Gasteiger partial charge in [0.25, 0.3) is 0 Å². The van der Waals surface area contributed by atoms with E-state index in [1.165, 1.54) is 6.07 Å². The standard InChI is InChI=1S/C15H13BrClFO2/c1-9(19)11-7-10(16)5-6-15(11)20-8-12-13(17)3-2-4-14(12)18/h2-7,9,19H,8H2,1H3/t9-/m1/s1. The van der Waals surface area contributed by atoms with Crippen LogP contribution in [0.2, 0.25) is 5.02 Å². The van der Waals surface area contributed by atoms with Crippen LogP contribution < -0.4 is 4.74 Å². The molecule has 0 aliphatic heterocycles. The van der Waals surface area contributed by atoms with Gasteiger partial charge in [0.15, 0.2) is 0 Å². The van der Waals surface area contributed by atoms with Crippen LogP contribution in [0.25, 0.3) is 0 Å². The largest absolute Gasteiger partial charge is 0.488 e. The second kappa shape index (κ2) is 6.57. The van der Waals surface area contributed by atoms with Gasteiger partial charge in [0.2, 0.25) is 0 Å². The monoisotopic (exact) mass is 358 g/mol. The quantitative estimate of drug-likeness (QED) is 0.843. The summed E-state index contributed by atoms with van der Waals surface area (Å²) in [7, 11) is 0. The average Bonchev–Trinajstić information content (AvgIpc) is 2.39. The molecule has 5 heteroatoms. The Morgan fingerprint density at radius 2 is 2.10 bits per heavy atom. The molecule has 0 saturated carbocycles. The van der Waals surface area contributed by atoms with Gasteiger partial charge in [-0.3, -0.25) is 0 Å². The maximum absolute atomic E-state index is 13.7. The summed E-state index contributed by atoms with van der Waals surface area (Å²) in [6, 6.07) is 9.78. The van der Waals surface area contributed by atoms with Crippen molar-refractivity contribution in [3.05, 3.63) is 62.8 Å². The third-order valence-corrected chi connectivity index (χ3v) is 3.70. The van der Waals surface area contributed by atoms with Crippen LogP contribution in [-0.4, -0.2) is 5.11 Å². The molecule has 0 aromatic heterocycles. The normalized spacial score (nSPS) is 12.2. The van der Waals surface area contributed by atoms with Gasteiger partial charge < -0.3 is 9.84 Å². The summed E-state index contributed by atoms with van der Waals surface area (Å²) in [5.41, 5.74) is 0.931. The van der Waals surface area contributed by atoms with Crippen LogP contribution in [0.15, 0.2) is 40.9 Å². The van der Waals surface area contributed by atoms with Crippen molar-refractivity contribution in [3.8, 4) is 5.75 Å². The molecule has 0 radical (unpaired) electrons. The minimum absolute atomic E-state index is 0.00680. The van der Waals surface area contributed by atoms with E-state index in [1.807, 2.05) is 0 Å². The summed E-state index contributed by atoms with van der Waals surface area (Å²) >= 11 is 9.28. The molecule has 0 amide bonds. The first-order valence-electron chi connectivity index (χ1n) is 6.02. The molecule has 0 saturated heterocycles. The fourth-order valence-corrected chi connectivity index (χ4v) is 2.39. The van der Waals surface area contributed by atoms with Crippen molar-refractivity contribution in [2.45, 2.75) is 19.6 Å². The maximum Gasteiger partial charge on any atom is 0.131 e. The fourth-order valence-electron chi connectivity index (χ4n) is 1.80. The summed E-state index contributed by atoms with van der Waals surface area (Å²) in [5.74, 6) is 0.0933. The molecule has 2 aromatic carbocycles. The summed E-state index contributed by atoms with van der Waals surface area (Å²) in [5, 5.41) is 10.1. The molecule has 20 heavy (non-hydrogen) atoms. The fraction of sp³-hybridized carbons (Fsp3) is 0.200. The van der Waals surface area contributed by atoms with Crippen molar-refractivity contribution < 1.29 is 14.2 Å². The number of aliphatic hydroxyl groups excluding tert-OH is 1. The molecule has 0 aliphatic carbocycles. The molecule has 0 bridgehead atoms. The Kier molecular flexibility index (Phi) is 5.02. The minimum atomic E-state index is -0.682. The number of benzene rings is 2. The molecule has 0 fully saturated rings. The second-order valence-electron chi connectivity index (χ2n) is 4.35. The highest BCUT2D eigenvalue weighted by Crippen LogP contribution is 2.30. The van der Waals surface area contributed by atoms with Crippen LogP contribution in [0.5, 0.6) is 5.75 Å². The molecule has 0 heterocycles. The van der Waals surface area contributed by atoms with Gasteiger partial charge in [-0.05, 0) is 37.3 Å². The summed E-state index contributed by atoms with van der Waals surface area (Å²) in [4.78, 5) is 0. The highest BCUT2D eigenvalue weighted by molar-refractivity contribution is 9.10. The molecule has 2 aromatic rings. The van der Waals surface area contributed by atoms with Crippen molar-refractivity contribution in [2.75, 3.05) is 0 Å². The number of hydrogen-bond donors (Lipinski definition) is 1. The SMILES string of the molecule is C[C@@H](O)c1cc(Br)ccc1OCc1c(F)cccc1Cl. The third kappa shape index (κ3) is 3.51. The van der Waals surface area contributed by atoms with E-state index in [1.54, 1.807) is 37.3 Å². The van der Waals surface area contributed by atoms with Crippen LogP contribution in [0.1, 0.15) is 24.2 Å². The Hall–Kier alpha value is -1.10. The predicted octanol–water partition coefficient (Wildman–Crippen LogP) is 4.87. The van der Waals surface area contributed by atoms with E-state index in [9.17, 15) is 9.50 Å². The van der Waals surface area contributed by atoms with Crippen molar-refractivity contribution in [3.63, 3.8) is 0 Å². The molecule has 0 spiro atoms. The lowest BCUT2D eigenvalue weighted by molar-refractivity contribution is 0.189. The van der Waals surface area contributed by atoms with E-state index in [4.69, 9.17) is 16.3 Å². The molecule has 2 rings (SSSR count). The van der Waals surface area contributed by atoms with Gasteiger partial charge in [-0.25, -0.2) is 4.39 Å². The number of halogens is 3. The van der Waals surface area contributed by atoms with E-state index < -0.39 is 11.9 Å². The van der Waals surface area contributed by atoms with Gasteiger partial charge in [0.05, 0.1) is 11.1 Å². The van der Waals surface area contributed by atoms with Crippen molar-refractivity contribution in [1.29, 1.82) is 0 Å². The molecule has 1 atom stereocenters. The van der Waals surface area contributed by atoms with Gasteiger partial charge in [-0.2, -0.15) is 0 Å². The first-order valence-corrected chi connectivity index (χ1v) is 7.19. The second-order valence-corrected chi connectivity index (χ2v) is 5.67. The zero-order valence-electron chi connectivity index (χ0n) is 10.7. The van der Waals surface area contributed by atoms with Crippen molar-refractivity contribution in [1.82, 2.24) is 0 Å². The van der Waals surface area contributed by atoms with Crippen LogP contribution in [0, 0.1) is 5.82 Å². The maximum atomic E-state index is 13.7. The third-order valence-electron chi connectivity index (χ3n) is 2.86.